The van der Waals surface area contributed by atoms with Crippen LogP contribution in [0.3, 0.4) is 0 Å². The monoisotopic (exact) mass is 664 g/mol. The fraction of sp³-hybridized carbons (Fsp3) is 0.529. The Hall–Kier alpha value is -3.71. The van der Waals surface area contributed by atoms with Gasteiger partial charge < -0.3 is 39.5 Å². The van der Waals surface area contributed by atoms with Crippen LogP contribution in [0.25, 0.3) is 22.1 Å². The van der Waals surface area contributed by atoms with E-state index in [1.807, 2.05) is 40.1 Å². The minimum absolute atomic E-state index is 0.163. The molecule has 0 aliphatic carbocycles. The molecule has 4 aliphatic heterocycles. The third-order valence-corrected chi connectivity index (χ3v) is 9.47. The van der Waals surface area contributed by atoms with Crippen LogP contribution in [0.2, 0.25) is 0 Å². The lowest BCUT2D eigenvalue weighted by Crippen LogP contribution is -2.50. The van der Waals surface area contributed by atoms with Gasteiger partial charge in [-0.2, -0.15) is 0 Å². The molecule has 4 fully saturated rings. The number of imidazole rings is 2. The Kier molecular flexibility index (Phi) is 11.6. The highest BCUT2D eigenvalue weighted by Crippen LogP contribution is 2.28. The van der Waals surface area contributed by atoms with Crippen molar-refractivity contribution >= 4 is 45.1 Å². The second-order valence-electron chi connectivity index (χ2n) is 12.3. The summed E-state index contributed by atoms with van der Waals surface area (Å²) < 4.78 is 10.3. The molecule has 6 heterocycles. The molecule has 4 aromatic rings. The number of hydrogen-bond donors (Lipinski definition) is 3. The van der Waals surface area contributed by atoms with Gasteiger partial charge in [0.2, 0.25) is 0 Å². The first-order chi connectivity index (χ1) is 23.0. The van der Waals surface area contributed by atoms with Crippen molar-refractivity contribution in [3.8, 4) is 0 Å². The zero-order valence-corrected chi connectivity index (χ0v) is 27.6. The Bertz CT molecular complexity index is 1520. The maximum Gasteiger partial charge on any atom is 0.320 e. The lowest BCUT2D eigenvalue weighted by atomic mass is 9.96. The molecule has 2 aromatic carbocycles. The van der Waals surface area contributed by atoms with Gasteiger partial charge in [0.25, 0.3) is 0 Å². The summed E-state index contributed by atoms with van der Waals surface area (Å²) in [4.78, 5) is 44.6. The van der Waals surface area contributed by atoms with Gasteiger partial charge in [0.15, 0.2) is 0 Å². The average Bonchev–Trinajstić information content (AvgIpc) is 3.78. The number of aromatic amines is 2. The first-order valence-electron chi connectivity index (χ1n) is 16.8. The fourth-order valence-corrected chi connectivity index (χ4v) is 6.63. The lowest BCUT2D eigenvalue weighted by Gasteiger charge is -2.36. The van der Waals surface area contributed by atoms with Gasteiger partial charge >= 0.3 is 11.4 Å². The van der Waals surface area contributed by atoms with Crippen LogP contribution in [0.4, 0.5) is 9.59 Å². The summed E-state index contributed by atoms with van der Waals surface area (Å²) in [7, 11) is 0. The van der Waals surface area contributed by atoms with Gasteiger partial charge in [-0.05, 0) is 74.6 Å². The minimum Gasteiger partial charge on any atom is -0.378 e. The smallest absolute Gasteiger partial charge is 0.320 e. The number of piperidine rings is 2. The third-order valence-electron chi connectivity index (χ3n) is 9.23. The predicted molar refractivity (Wildman–Crippen MR) is 182 cm³/mol. The number of ether oxygens (including phenoxy) is 2. The molecule has 0 atom stereocenters. The highest BCUT2D eigenvalue weighted by atomic mass is 35.5. The number of carbonyl (C=O) groups is 2. The molecule has 4 aliphatic rings. The number of carbonyl (C=O) groups excluding carboxylic acids is 2. The quantitative estimate of drug-likeness (QED) is 0.205. The van der Waals surface area contributed by atoms with Crippen molar-refractivity contribution in [2.45, 2.75) is 37.5 Å². The molecule has 0 radical (unpaired) electrons. The molecule has 0 saturated carbocycles. The number of urea groups is 1. The van der Waals surface area contributed by atoms with Gasteiger partial charge in [-0.25, -0.2) is 14.8 Å². The zero-order valence-electron chi connectivity index (χ0n) is 26.8. The van der Waals surface area contributed by atoms with E-state index in [0.717, 1.165) is 72.7 Å². The third kappa shape index (κ3) is 8.81. The molecule has 3 amide bonds. The highest BCUT2D eigenvalue weighted by Gasteiger charge is 2.29. The van der Waals surface area contributed by atoms with E-state index in [2.05, 4.69) is 38.5 Å². The van der Waals surface area contributed by atoms with Crippen LogP contribution >= 0.6 is 11.6 Å². The number of halogens is 1. The maximum absolute atomic E-state index is 12.5. The number of likely N-dealkylation sites (tertiary alicyclic amines) is 1. The molecule has 8 rings (SSSR count). The van der Waals surface area contributed by atoms with Crippen molar-refractivity contribution in [3.05, 3.63) is 60.2 Å². The summed E-state index contributed by atoms with van der Waals surface area (Å²) in [5.41, 5.74) is 4.36. The molecule has 47 heavy (non-hydrogen) atoms. The number of nitrogens with zero attached hydrogens (tertiary/aromatic N) is 5. The Balaban J connectivity index is 0.000000138. The number of nitrogens with one attached hydrogen (secondary N) is 3. The molecule has 252 valence electrons. The molecule has 4 saturated heterocycles. The summed E-state index contributed by atoms with van der Waals surface area (Å²) in [5, 5.41) is 3.00. The summed E-state index contributed by atoms with van der Waals surface area (Å²) in [6.07, 6.45) is 4.32. The Morgan fingerprint density at radius 2 is 1.09 bits per heavy atom. The molecule has 0 spiro atoms. The first-order valence-corrected chi connectivity index (χ1v) is 17.2. The molecule has 0 unspecified atom stereocenters. The van der Waals surface area contributed by atoms with Crippen LogP contribution in [-0.4, -0.2) is 125 Å². The maximum atomic E-state index is 12.5. The van der Waals surface area contributed by atoms with Crippen molar-refractivity contribution in [3.63, 3.8) is 0 Å². The van der Waals surface area contributed by atoms with Crippen LogP contribution in [0.5, 0.6) is 0 Å². The van der Waals surface area contributed by atoms with Gasteiger partial charge in [0.1, 0.15) is 11.6 Å². The van der Waals surface area contributed by atoms with Crippen molar-refractivity contribution in [2.24, 2.45) is 0 Å². The van der Waals surface area contributed by atoms with Crippen LogP contribution in [-0.2, 0) is 9.47 Å². The second kappa shape index (κ2) is 16.4. The number of para-hydroxylation sites is 4. The number of rotatable bonds is 2. The largest absolute Gasteiger partial charge is 0.378 e. The summed E-state index contributed by atoms with van der Waals surface area (Å²) >= 11 is 5.19. The minimum atomic E-state index is -0.377. The number of hydrogen-bond acceptors (Lipinski definition) is 7. The van der Waals surface area contributed by atoms with E-state index >= 15 is 0 Å². The molecule has 3 N–H and O–H groups in total. The molecule has 0 bridgehead atoms. The van der Waals surface area contributed by atoms with E-state index in [9.17, 15) is 9.59 Å². The van der Waals surface area contributed by atoms with Crippen LogP contribution in [0, 0.1) is 0 Å². The van der Waals surface area contributed by atoms with Gasteiger partial charge in [0.05, 0.1) is 48.5 Å². The van der Waals surface area contributed by atoms with E-state index < -0.39 is 0 Å². The van der Waals surface area contributed by atoms with Gasteiger partial charge in [-0.3, -0.25) is 4.79 Å². The van der Waals surface area contributed by atoms with Gasteiger partial charge in [0, 0.05) is 51.1 Å². The molecule has 13 heteroatoms. The SMILES string of the molecule is O=C(Cl)N1CCOCC1.O=C(N1CCOCC1)N1CCC(c2nc3ccccc3[nH]2)CC1.c1ccc2[nH]c(C3CCNCC3)nc2c1. The van der Waals surface area contributed by atoms with Crippen LogP contribution < -0.4 is 5.32 Å². The number of fused-ring (bicyclic) bond motifs is 2. The van der Waals surface area contributed by atoms with Crippen molar-refractivity contribution in [2.75, 3.05) is 78.8 Å². The standard InChI is InChI=1S/C17H22N4O2.C12H15N3.C5H8ClNO2/c22-17(21-9-11-23-12-10-21)20-7-5-13(6-8-20)16-18-14-3-1-2-4-15(14)19-16;1-2-4-11-10(3-1)14-12(15-11)9-5-7-13-8-6-9;6-5(8)7-1-3-9-4-2-7/h1-4,13H,5-12H2,(H,18,19);1-4,9,13H,5-8H2,(H,14,15);1-4H2. The Labute approximate surface area is 280 Å². The number of morpholine rings is 2. The molecular weight excluding hydrogens is 620 g/mol. The van der Waals surface area contributed by atoms with Crippen LogP contribution in [0.15, 0.2) is 48.5 Å². The van der Waals surface area contributed by atoms with E-state index in [0.29, 0.717) is 64.4 Å². The van der Waals surface area contributed by atoms with E-state index in [1.165, 1.54) is 12.8 Å². The second-order valence-corrected chi connectivity index (χ2v) is 12.6. The highest BCUT2D eigenvalue weighted by molar-refractivity contribution is 6.62. The summed E-state index contributed by atoms with van der Waals surface area (Å²) in [6.45, 7) is 9.04. The van der Waals surface area contributed by atoms with Crippen molar-refractivity contribution in [1.29, 1.82) is 0 Å². The Morgan fingerprint density at radius 3 is 1.55 bits per heavy atom. The number of amides is 3. The summed E-state index contributed by atoms with van der Waals surface area (Å²) in [5.74, 6) is 3.25. The molecule has 2 aromatic heterocycles. The topological polar surface area (TPSA) is 132 Å². The average molecular weight is 665 g/mol. The predicted octanol–water partition coefficient (Wildman–Crippen LogP) is 4.90. The van der Waals surface area contributed by atoms with Gasteiger partial charge in [-0.1, -0.05) is 24.3 Å². The Morgan fingerprint density at radius 1 is 0.638 bits per heavy atom. The number of aromatic nitrogens is 4. The number of H-pyrrole nitrogens is 2. The first kappa shape index (κ1) is 33.2. The van der Waals surface area contributed by atoms with Gasteiger partial charge in [-0.15, -0.1) is 0 Å². The number of benzene rings is 2. The molecular formula is C34H45ClN8O4. The lowest BCUT2D eigenvalue weighted by molar-refractivity contribution is 0.0411. The summed E-state index contributed by atoms with van der Waals surface area (Å²) in [6, 6.07) is 16.5. The molecule has 12 nitrogen and oxygen atoms in total. The fourth-order valence-electron chi connectivity index (χ4n) is 6.47. The van der Waals surface area contributed by atoms with E-state index in [4.69, 9.17) is 26.1 Å². The van der Waals surface area contributed by atoms with Crippen molar-refractivity contribution < 1.29 is 19.1 Å². The van der Waals surface area contributed by atoms with E-state index in [1.54, 1.807) is 4.90 Å². The van der Waals surface area contributed by atoms with Crippen LogP contribution in [0.1, 0.15) is 49.2 Å². The zero-order chi connectivity index (χ0) is 32.4. The van der Waals surface area contributed by atoms with Crippen molar-refractivity contribution in [1.82, 2.24) is 40.0 Å². The van der Waals surface area contributed by atoms with E-state index in [-0.39, 0.29) is 11.4 Å². The normalized spacial score (nSPS) is 19.6.